The van der Waals surface area contributed by atoms with E-state index in [4.69, 9.17) is 5.73 Å². The maximum absolute atomic E-state index is 12.9. The fourth-order valence-electron chi connectivity index (χ4n) is 1.88. The lowest BCUT2D eigenvalue weighted by atomic mass is 9.89. The molecule has 1 rings (SSSR count). The molecule has 18 heavy (non-hydrogen) atoms. The second kappa shape index (κ2) is 5.91. The van der Waals surface area contributed by atoms with E-state index in [1.165, 1.54) is 12.1 Å². The van der Waals surface area contributed by atoms with Crippen LogP contribution in [0.2, 0.25) is 0 Å². The smallest absolute Gasteiger partial charge is 0.243 e. The number of nitrogens with zero attached hydrogens (tertiary/aromatic N) is 1. The molecule has 1 amide bonds. The summed E-state index contributed by atoms with van der Waals surface area (Å²) in [6.45, 7) is 5.83. The highest BCUT2D eigenvalue weighted by Crippen LogP contribution is 2.24. The van der Waals surface area contributed by atoms with Crippen LogP contribution >= 0.6 is 0 Å². The lowest BCUT2D eigenvalue weighted by Gasteiger charge is -2.33. The van der Waals surface area contributed by atoms with Crippen LogP contribution in [-0.4, -0.2) is 16.9 Å². The number of hydrogen-bond acceptors (Lipinski definition) is 3. The average Bonchev–Trinajstić information content (AvgIpc) is 2.36. The molecular weight excluding hydrogens is 233 g/mol. The van der Waals surface area contributed by atoms with Gasteiger partial charge in [0.15, 0.2) is 0 Å². The van der Waals surface area contributed by atoms with Crippen LogP contribution in [0.1, 0.15) is 39.3 Å². The van der Waals surface area contributed by atoms with Crippen molar-refractivity contribution in [2.45, 2.75) is 45.2 Å². The first-order valence-electron chi connectivity index (χ1n) is 6.15. The predicted molar refractivity (Wildman–Crippen MR) is 68.2 cm³/mol. The summed E-state index contributed by atoms with van der Waals surface area (Å²) in [5.41, 5.74) is 4.94. The maximum Gasteiger partial charge on any atom is 0.243 e. The Morgan fingerprint density at radius 3 is 2.61 bits per heavy atom. The van der Waals surface area contributed by atoms with E-state index in [9.17, 15) is 9.18 Å². The zero-order chi connectivity index (χ0) is 13.8. The number of carbonyl (C=O) groups is 1. The molecule has 2 unspecified atom stereocenters. The Kier molecular flexibility index (Phi) is 4.78. The topological polar surface area (TPSA) is 68.0 Å². The van der Waals surface area contributed by atoms with E-state index in [0.717, 1.165) is 12.6 Å². The number of carbonyl (C=O) groups excluding carboxylic acids is 1. The van der Waals surface area contributed by atoms with Crippen molar-refractivity contribution in [3.63, 3.8) is 0 Å². The van der Waals surface area contributed by atoms with Gasteiger partial charge in [0.25, 0.3) is 0 Å². The molecule has 0 aromatic carbocycles. The van der Waals surface area contributed by atoms with Gasteiger partial charge in [-0.25, -0.2) is 4.39 Å². The molecule has 1 aromatic heterocycles. The minimum Gasteiger partial charge on any atom is -0.368 e. The van der Waals surface area contributed by atoms with Crippen molar-refractivity contribution >= 4 is 5.91 Å². The number of hydrogen-bond donors (Lipinski definition) is 2. The van der Waals surface area contributed by atoms with Gasteiger partial charge in [-0.1, -0.05) is 13.8 Å². The predicted octanol–water partition coefficient (Wildman–Crippen LogP) is 1.70. The van der Waals surface area contributed by atoms with Gasteiger partial charge < -0.3 is 5.73 Å². The van der Waals surface area contributed by atoms with Crippen molar-refractivity contribution in [2.24, 2.45) is 5.73 Å². The first kappa shape index (κ1) is 14.6. The van der Waals surface area contributed by atoms with Crippen LogP contribution in [0.5, 0.6) is 0 Å². The summed E-state index contributed by atoms with van der Waals surface area (Å²) in [7, 11) is 0. The minimum absolute atomic E-state index is 0.115. The van der Waals surface area contributed by atoms with E-state index in [1.54, 1.807) is 0 Å². The minimum atomic E-state index is -1.04. The number of amides is 1. The number of aromatic nitrogens is 1. The van der Waals surface area contributed by atoms with Gasteiger partial charge in [0, 0.05) is 6.04 Å². The molecule has 4 nitrogen and oxygen atoms in total. The molecule has 0 aliphatic carbocycles. The van der Waals surface area contributed by atoms with Crippen LogP contribution in [0.25, 0.3) is 0 Å². The maximum atomic E-state index is 12.9. The average molecular weight is 253 g/mol. The van der Waals surface area contributed by atoms with E-state index < -0.39 is 17.3 Å². The Labute approximate surface area is 107 Å². The van der Waals surface area contributed by atoms with E-state index in [2.05, 4.69) is 10.3 Å². The molecule has 0 radical (unpaired) electrons. The molecule has 1 heterocycles. The Morgan fingerprint density at radius 1 is 1.56 bits per heavy atom. The Balaban J connectivity index is 3.18. The lowest BCUT2D eigenvalue weighted by molar-refractivity contribution is -0.125. The fraction of sp³-hybridized carbons (Fsp3) is 0.538. The number of nitrogens with one attached hydrogen (secondary N) is 1. The third kappa shape index (κ3) is 2.85. The fourth-order valence-corrected chi connectivity index (χ4v) is 1.88. The monoisotopic (exact) mass is 253 g/mol. The first-order chi connectivity index (χ1) is 8.46. The van der Waals surface area contributed by atoms with E-state index in [0.29, 0.717) is 12.1 Å². The summed E-state index contributed by atoms with van der Waals surface area (Å²) in [5, 5.41) is 3.21. The van der Waals surface area contributed by atoms with Crippen LogP contribution in [-0.2, 0) is 10.3 Å². The van der Waals surface area contributed by atoms with E-state index in [-0.39, 0.29) is 6.04 Å². The number of nitrogens with two attached hydrogens (primary N) is 1. The van der Waals surface area contributed by atoms with E-state index >= 15 is 0 Å². The van der Waals surface area contributed by atoms with Gasteiger partial charge in [0.2, 0.25) is 5.91 Å². The third-order valence-electron chi connectivity index (χ3n) is 3.22. The van der Waals surface area contributed by atoms with Crippen LogP contribution in [0.15, 0.2) is 18.3 Å². The highest BCUT2D eigenvalue weighted by Gasteiger charge is 2.38. The Bertz CT molecular complexity index is 407. The van der Waals surface area contributed by atoms with Crippen molar-refractivity contribution in [2.75, 3.05) is 0 Å². The molecule has 0 fully saturated rings. The molecule has 100 valence electrons. The number of primary amides is 1. The molecule has 5 heteroatoms. The lowest BCUT2D eigenvalue weighted by Crippen LogP contribution is -2.55. The summed E-state index contributed by atoms with van der Waals surface area (Å²) < 4.78 is 12.9. The van der Waals surface area contributed by atoms with Crippen LogP contribution < -0.4 is 11.1 Å². The normalized spacial score (nSPS) is 16.0. The number of rotatable bonds is 6. The van der Waals surface area contributed by atoms with Gasteiger partial charge in [-0.15, -0.1) is 0 Å². The van der Waals surface area contributed by atoms with E-state index in [1.807, 2.05) is 20.8 Å². The van der Waals surface area contributed by atoms with Crippen molar-refractivity contribution in [3.05, 3.63) is 29.8 Å². The SMILES string of the molecule is CCC(C)NC(CC)(C(N)=O)c1ccc(F)cn1. The second-order valence-electron chi connectivity index (χ2n) is 4.44. The molecule has 0 aliphatic heterocycles. The van der Waals surface area contributed by atoms with Gasteiger partial charge in [-0.05, 0) is 31.9 Å². The van der Waals surface area contributed by atoms with Gasteiger partial charge in [0.05, 0.1) is 11.9 Å². The molecule has 0 bridgehead atoms. The van der Waals surface area contributed by atoms with Crippen molar-refractivity contribution in [1.29, 1.82) is 0 Å². The van der Waals surface area contributed by atoms with Gasteiger partial charge in [0.1, 0.15) is 11.4 Å². The van der Waals surface area contributed by atoms with Crippen molar-refractivity contribution < 1.29 is 9.18 Å². The third-order valence-corrected chi connectivity index (χ3v) is 3.22. The van der Waals surface area contributed by atoms with Crippen LogP contribution in [0.4, 0.5) is 4.39 Å². The van der Waals surface area contributed by atoms with Gasteiger partial charge in [-0.3, -0.25) is 15.1 Å². The van der Waals surface area contributed by atoms with Crippen LogP contribution in [0, 0.1) is 5.82 Å². The molecule has 1 aromatic rings. The van der Waals surface area contributed by atoms with Gasteiger partial charge >= 0.3 is 0 Å². The molecule has 2 atom stereocenters. The summed E-state index contributed by atoms with van der Waals surface area (Å²) in [5.74, 6) is -0.929. The van der Waals surface area contributed by atoms with Crippen molar-refractivity contribution in [1.82, 2.24) is 10.3 Å². The molecule has 0 saturated carbocycles. The summed E-state index contributed by atoms with van der Waals surface area (Å²) in [6.07, 6.45) is 2.42. The zero-order valence-corrected chi connectivity index (χ0v) is 11.0. The quantitative estimate of drug-likeness (QED) is 0.810. The first-order valence-corrected chi connectivity index (χ1v) is 6.15. The number of pyridine rings is 1. The Hall–Kier alpha value is -1.49. The van der Waals surface area contributed by atoms with Crippen LogP contribution in [0.3, 0.4) is 0 Å². The zero-order valence-electron chi connectivity index (χ0n) is 11.0. The summed E-state index contributed by atoms with van der Waals surface area (Å²) >= 11 is 0. The summed E-state index contributed by atoms with van der Waals surface area (Å²) in [6, 6.07) is 2.90. The standard InChI is InChI=1S/C13H20FN3O/c1-4-9(3)17-13(5-2,12(15)18)11-7-6-10(14)8-16-11/h6-9,17H,4-5H2,1-3H3,(H2,15,18). The number of halogens is 1. The molecule has 3 N–H and O–H groups in total. The molecule has 0 saturated heterocycles. The second-order valence-corrected chi connectivity index (χ2v) is 4.44. The van der Waals surface area contributed by atoms with Gasteiger partial charge in [-0.2, -0.15) is 0 Å². The largest absolute Gasteiger partial charge is 0.368 e. The Morgan fingerprint density at radius 2 is 2.22 bits per heavy atom. The van der Waals surface area contributed by atoms with Crippen molar-refractivity contribution in [3.8, 4) is 0 Å². The highest BCUT2D eigenvalue weighted by atomic mass is 19.1. The highest BCUT2D eigenvalue weighted by molar-refractivity contribution is 5.85. The molecular formula is C13H20FN3O. The molecule has 0 aliphatic rings. The summed E-state index contributed by atoms with van der Waals surface area (Å²) in [4.78, 5) is 15.8. The molecule has 0 spiro atoms.